The number of nitrogens with two attached hydrogens (primary N) is 1. The first-order valence-electron chi connectivity index (χ1n) is 5.63. The van der Waals surface area contributed by atoms with E-state index < -0.39 is 0 Å². The molecular formula is C14H12FN3. The Hall–Kier alpha value is -2.36. The monoisotopic (exact) mass is 241 g/mol. The maximum atomic E-state index is 12.9. The van der Waals surface area contributed by atoms with Gasteiger partial charge in [0.25, 0.3) is 0 Å². The Balaban J connectivity index is 2.23. The second-order valence-electron chi connectivity index (χ2n) is 4.25. The summed E-state index contributed by atoms with van der Waals surface area (Å²) in [6, 6.07) is 11.9. The molecule has 0 saturated carbocycles. The number of benzene rings is 2. The van der Waals surface area contributed by atoms with Gasteiger partial charge in [0.2, 0.25) is 0 Å². The van der Waals surface area contributed by atoms with Crippen molar-refractivity contribution in [2.45, 2.75) is 0 Å². The Bertz CT molecular complexity index is 714. The van der Waals surface area contributed by atoms with Crippen LogP contribution in [-0.4, -0.2) is 9.55 Å². The van der Waals surface area contributed by atoms with Crippen LogP contribution < -0.4 is 5.73 Å². The van der Waals surface area contributed by atoms with Crippen LogP contribution in [-0.2, 0) is 7.05 Å². The van der Waals surface area contributed by atoms with Crippen molar-refractivity contribution in [2.75, 3.05) is 5.73 Å². The third-order valence-corrected chi connectivity index (χ3v) is 3.01. The highest BCUT2D eigenvalue weighted by Gasteiger charge is 2.09. The highest BCUT2D eigenvalue weighted by atomic mass is 19.1. The summed E-state index contributed by atoms with van der Waals surface area (Å²) in [5, 5.41) is 0. The zero-order chi connectivity index (χ0) is 12.7. The van der Waals surface area contributed by atoms with Gasteiger partial charge in [0.1, 0.15) is 11.6 Å². The van der Waals surface area contributed by atoms with Crippen molar-refractivity contribution < 1.29 is 4.39 Å². The minimum Gasteiger partial charge on any atom is -0.399 e. The molecule has 0 aliphatic heterocycles. The molecular weight excluding hydrogens is 229 g/mol. The molecule has 0 unspecified atom stereocenters. The Morgan fingerprint density at radius 1 is 1.11 bits per heavy atom. The summed E-state index contributed by atoms with van der Waals surface area (Å²) >= 11 is 0. The van der Waals surface area contributed by atoms with Crippen molar-refractivity contribution in [2.24, 2.45) is 7.05 Å². The number of imidazole rings is 1. The lowest BCUT2D eigenvalue weighted by Crippen LogP contribution is -1.93. The molecule has 18 heavy (non-hydrogen) atoms. The smallest absolute Gasteiger partial charge is 0.140 e. The van der Waals surface area contributed by atoms with E-state index in [2.05, 4.69) is 4.98 Å². The third-order valence-electron chi connectivity index (χ3n) is 3.01. The first kappa shape index (κ1) is 10.8. The van der Waals surface area contributed by atoms with Crippen molar-refractivity contribution >= 4 is 16.7 Å². The average molecular weight is 241 g/mol. The molecule has 0 aliphatic rings. The Kier molecular flexibility index (Phi) is 2.30. The Morgan fingerprint density at radius 3 is 2.56 bits per heavy atom. The quantitative estimate of drug-likeness (QED) is 0.666. The fourth-order valence-electron chi connectivity index (χ4n) is 2.06. The maximum absolute atomic E-state index is 12.9. The van der Waals surface area contributed by atoms with Crippen molar-refractivity contribution in [3.8, 4) is 11.4 Å². The van der Waals surface area contributed by atoms with E-state index in [1.54, 1.807) is 12.1 Å². The van der Waals surface area contributed by atoms with E-state index in [9.17, 15) is 4.39 Å². The molecule has 3 rings (SSSR count). The van der Waals surface area contributed by atoms with E-state index in [1.807, 2.05) is 29.8 Å². The van der Waals surface area contributed by atoms with Gasteiger partial charge in [-0.2, -0.15) is 0 Å². The van der Waals surface area contributed by atoms with Crippen molar-refractivity contribution in [1.29, 1.82) is 0 Å². The lowest BCUT2D eigenvalue weighted by atomic mass is 10.2. The molecule has 0 atom stereocenters. The van der Waals surface area contributed by atoms with Gasteiger partial charge in [-0.25, -0.2) is 9.37 Å². The number of aromatic nitrogens is 2. The molecule has 1 aromatic heterocycles. The fourth-order valence-corrected chi connectivity index (χ4v) is 2.06. The van der Waals surface area contributed by atoms with Gasteiger partial charge < -0.3 is 10.3 Å². The number of nitrogens with zero attached hydrogens (tertiary/aromatic N) is 2. The molecule has 0 saturated heterocycles. The zero-order valence-corrected chi connectivity index (χ0v) is 9.89. The largest absolute Gasteiger partial charge is 0.399 e. The van der Waals surface area contributed by atoms with Crippen LogP contribution in [0.15, 0.2) is 42.5 Å². The molecule has 2 N–H and O–H groups in total. The summed E-state index contributed by atoms with van der Waals surface area (Å²) in [6.07, 6.45) is 0. The van der Waals surface area contributed by atoms with Crippen LogP contribution in [0.3, 0.4) is 0 Å². The fraction of sp³-hybridized carbons (Fsp3) is 0.0714. The van der Waals surface area contributed by atoms with Crippen molar-refractivity contribution in [1.82, 2.24) is 9.55 Å². The van der Waals surface area contributed by atoms with E-state index in [-0.39, 0.29) is 5.82 Å². The number of aryl methyl sites for hydroxylation is 1. The molecule has 3 aromatic rings. The molecule has 0 amide bonds. The number of halogens is 1. The second kappa shape index (κ2) is 3.84. The number of hydrogen-bond acceptors (Lipinski definition) is 2. The van der Waals surface area contributed by atoms with Gasteiger partial charge >= 0.3 is 0 Å². The minimum atomic E-state index is -0.248. The maximum Gasteiger partial charge on any atom is 0.140 e. The molecule has 0 aliphatic carbocycles. The van der Waals surface area contributed by atoms with Crippen molar-refractivity contribution in [3.63, 3.8) is 0 Å². The molecule has 2 aromatic carbocycles. The van der Waals surface area contributed by atoms with Crippen LogP contribution in [0, 0.1) is 5.82 Å². The van der Waals surface area contributed by atoms with Crippen molar-refractivity contribution in [3.05, 3.63) is 48.3 Å². The van der Waals surface area contributed by atoms with Gasteiger partial charge in [-0.1, -0.05) is 0 Å². The predicted molar refractivity (Wildman–Crippen MR) is 70.5 cm³/mol. The lowest BCUT2D eigenvalue weighted by Gasteiger charge is -2.02. The van der Waals surface area contributed by atoms with E-state index in [1.165, 1.54) is 12.1 Å². The highest BCUT2D eigenvalue weighted by Crippen LogP contribution is 2.25. The molecule has 3 nitrogen and oxygen atoms in total. The van der Waals surface area contributed by atoms with Crippen LogP contribution in [0.5, 0.6) is 0 Å². The summed E-state index contributed by atoms with van der Waals surface area (Å²) in [5.74, 6) is 0.553. The highest BCUT2D eigenvalue weighted by molar-refractivity contribution is 5.83. The first-order valence-corrected chi connectivity index (χ1v) is 5.63. The molecule has 4 heteroatoms. The summed E-state index contributed by atoms with van der Waals surface area (Å²) < 4.78 is 14.9. The molecule has 90 valence electrons. The summed E-state index contributed by atoms with van der Waals surface area (Å²) in [7, 11) is 1.92. The van der Waals surface area contributed by atoms with E-state index in [0.717, 1.165) is 22.4 Å². The van der Waals surface area contributed by atoms with Crippen LogP contribution >= 0.6 is 0 Å². The second-order valence-corrected chi connectivity index (χ2v) is 4.25. The average Bonchev–Trinajstić information content (AvgIpc) is 2.68. The van der Waals surface area contributed by atoms with E-state index in [0.29, 0.717) is 5.69 Å². The number of rotatable bonds is 1. The predicted octanol–water partition coefficient (Wildman–Crippen LogP) is 2.96. The Labute approximate surface area is 104 Å². The van der Waals surface area contributed by atoms with Gasteiger partial charge in [0.15, 0.2) is 0 Å². The molecule has 0 spiro atoms. The van der Waals surface area contributed by atoms with Gasteiger partial charge in [-0.3, -0.25) is 0 Å². The van der Waals surface area contributed by atoms with Crippen LogP contribution in [0.2, 0.25) is 0 Å². The lowest BCUT2D eigenvalue weighted by molar-refractivity contribution is 0.628. The van der Waals surface area contributed by atoms with Gasteiger partial charge in [-0.15, -0.1) is 0 Å². The zero-order valence-electron chi connectivity index (χ0n) is 9.89. The molecule has 0 bridgehead atoms. The summed E-state index contributed by atoms with van der Waals surface area (Å²) in [6.45, 7) is 0. The molecule has 1 heterocycles. The number of fused-ring (bicyclic) bond motifs is 1. The Morgan fingerprint density at radius 2 is 1.83 bits per heavy atom. The third kappa shape index (κ3) is 1.62. The van der Waals surface area contributed by atoms with Gasteiger partial charge in [0, 0.05) is 18.3 Å². The minimum absolute atomic E-state index is 0.248. The standard InChI is InChI=1S/C14H12FN3/c1-18-13-8-11(16)6-7-12(13)17-14(18)9-2-4-10(15)5-3-9/h2-8H,16H2,1H3. The summed E-state index contributed by atoms with van der Waals surface area (Å²) in [4.78, 5) is 4.54. The van der Waals surface area contributed by atoms with Crippen LogP contribution in [0.1, 0.15) is 0 Å². The summed E-state index contributed by atoms with van der Waals surface area (Å²) in [5.41, 5.74) is 9.21. The van der Waals surface area contributed by atoms with E-state index in [4.69, 9.17) is 5.73 Å². The van der Waals surface area contributed by atoms with Crippen LogP contribution in [0.4, 0.5) is 10.1 Å². The number of anilines is 1. The van der Waals surface area contributed by atoms with Gasteiger partial charge in [0.05, 0.1) is 11.0 Å². The van der Waals surface area contributed by atoms with Gasteiger partial charge in [-0.05, 0) is 42.5 Å². The molecule has 0 fully saturated rings. The topological polar surface area (TPSA) is 43.8 Å². The van der Waals surface area contributed by atoms with Crippen LogP contribution in [0.25, 0.3) is 22.4 Å². The normalized spacial score (nSPS) is 11.0. The van der Waals surface area contributed by atoms with E-state index >= 15 is 0 Å². The molecule has 0 radical (unpaired) electrons. The number of hydrogen-bond donors (Lipinski definition) is 1. The number of nitrogen functional groups attached to an aromatic ring is 1. The SMILES string of the molecule is Cn1c(-c2ccc(F)cc2)nc2ccc(N)cc21. The first-order chi connectivity index (χ1) is 8.65.